The number of fused-ring (bicyclic) bond motifs is 1. The zero-order valence-electron chi connectivity index (χ0n) is 18.8. The SMILES string of the molecule is C=C(C1=CN2C(C)=C(C)NC2C(NCc2c(C)ccc(C)c2C)=C1)N1CC(CO)C1. The molecule has 4 rings (SSSR count). The normalized spacial score (nSPS) is 21.1. The van der Waals surface area contributed by atoms with Crippen LogP contribution in [-0.2, 0) is 6.54 Å². The first-order valence-corrected chi connectivity index (χ1v) is 10.8. The second-order valence-electron chi connectivity index (χ2n) is 8.91. The molecule has 3 aliphatic heterocycles. The lowest BCUT2D eigenvalue weighted by atomic mass is 9.97. The van der Waals surface area contributed by atoms with Gasteiger partial charge in [0.15, 0.2) is 0 Å². The molecular weight excluding hydrogens is 372 g/mol. The highest BCUT2D eigenvalue weighted by molar-refractivity contribution is 5.46. The van der Waals surface area contributed by atoms with Crippen LogP contribution in [0.25, 0.3) is 0 Å². The molecule has 3 aliphatic rings. The van der Waals surface area contributed by atoms with Crippen LogP contribution in [0.3, 0.4) is 0 Å². The molecule has 0 saturated carbocycles. The molecule has 0 aromatic heterocycles. The van der Waals surface area contributed by atoms with Gasteiger partial charge in [-0.2, -0.15) is 0 Å². The average molecular weight is 407 g/mol. The van der Waals surface area contributed by atoms with E-state index in [0.717, 1.165) is 36.6 Å². The van der Waals surface area contributed by atoms with E-state index < -0.39 is 0 Å². The van der Waals surface area contributed by atoms with Crippen molar-refractivity contribution in [1.82, 2.24) is 20.4 Å². The number of aryl methyl sites for hydroxylation is 2. The van der Waals surface area contributed by atoms with Crippen LogP contribution >= 0.6 is 0 Å². The van der Waals surface area contributed by atoms with Crippen molar-refractivity contribution < 1.29 is 5.11 Å². The standard InChI is InChI=1S/C25H34N4O/c1-15-7-8-16(2)23(17(15)3)10-26-24-9-22(20(6)28-11-21(12-28)14-30)13-29-19(5)18(4)27-25(24)29/h7-9,13,21,25-27,30H,6,10-12,14H2,1-5H3. The molecule has 1 saturated heterocycles. The van der Waals surface area contributed by atoms with Gasteiger partial charge in [0.25, 0.3) is 0 Å². The lowest BCUT2D eigenvalue weighted by molar-refractivity contribution is 0.0843. The van der Waals surface area contributed by atoms with Gasteiger partial charge in [-0.15, -0.1) is 0 Å². The number of allylic oxidation sites excluding steroid dienone is 3. The Morgan fingerprint density at radius 1 is 1.17 bits per heavy atom. The van der Waals surface area contributed by atoms with Crippen LogP contribution in [0.2, 0.25) is 0 Å². The second kappa shape index (κ2) is 7.88. The molecular formula is C25H34N4O. The fourth-order valence-electron chi connectivity index (χ4n) is 4.46. The Hall–Kier alpha value is -2.66. The van der Waals surface area contributed by atoms with Crippen molar-refractivity contribution in [2.45, 2.75) is 47.3 Å². The van der Waals surface area contributed by atoms with Crippen molar-refractivity contribution in [3.8, 4) is 0 Å². The minimum Gasteiger partial charge on any atom is -0.396 e. The molecule has 3 N–H and O–H groups in total. The number of hydrogen-bond donors (Lipinski definition) is 3. The summed E-state index contributed by atoms with van der Waals surface area (Å²) in [4.78, 5) is 4.56. The maximum Gasteiger partial charge on any atom is 0.144 e. The van der Waals surface area contributed by atoms with Gasteiger partial charge in [-0.25, -0.2) is 0 Å². The maximum atomic E-state index is 9.35. The lowest BCUT2D eigenvalue weighted by Crippen LogP contribution is -2.48. The number of aliphatic hydroxyl groups is 1. The Bertz CT molecular complexity index is 966. The molecule has 1 atom stereocenters. The third-order valence-corrected chi connectivity index (χ3v) is 6.95. The van der Waals surface area contributed by atoms with Crippen LogP contribution in [-0.4, -0.2) is 40.8 Å². The van der Waals surface area contributed by atoms with Gasteiger partial charge >= 0.3 is 0 Å². The third-order valence-electron chi connectivity index (χ3n) is 6.95. The van der Waals surface area contributed by atoms with Crippen molar-refractivity contribution in [3.05, 3.63) is 81.6 Å². The molecule has 1 aromatic rings. The van der Waals surface area contributed by atoms with Crippen molar-refractivity contribution in [3.63, 3.8) is 0 Å². The fourth-order valence-corrected chi connectivity index (χ4v) is 4.46. The van der Waals surface area contributed by atoms with Crippen LogP contribution in [0, 0.1) is 26.7 Å². The molecule has 5 nitrogen and oxygen atoms in total. The fraction of sp³-hybridized carbons (Fsp3) is 0.440. The summed E-state index contributed by atoms with van der Waals surface area (Å²) in [5, 5.41) is 16.7. The molecule has 0 amide bonds. The van der Waals surface area contributed by atoms with Gasteiger partial charge in [-0.05, 0) is 62.9 Å². The van der Waals surface area contributed by atoms with Crippen molar-refractivity contribution in [2.24, 2.45) is 5.92 Å². The predicted octanol–water partition coefficient (Wildman–Crippen LogP) is 3.40. The summed E-state index contributed by atoms with van der Waals surface area (Å²) in [5.74, 6) is 0.366. The number of benzene rings is 1. The monoisotopic (exact) mass is 406 g/mol. The van der Waals surface area contributed by atoms with E-state index in [4.69, 9.17) is 0 Å². The summed E-state index contributed by atoms with van der Waals surface area (Å²) >= 11 is 0. The van der Waals surface area contributed by atoms with Crippen LogP contribution in [0.1, 0.15) is 36.1 Å². The molecule has 1 aromatic carbocycles. The van der Waals surface area contributed by atoms with E-state index in [2.05, 4.69) is 86.0 Å². The summed E-state index contributed by atoms with van der Waals surface area (Å²) in [6.45, 7) is 18.0. The molecule has 0 radical (unpaired) electrons. The number of hydrogen-bond acceptors (Lipinski definition) is 5. The number of nitrogens with zero attached hydrogens (tertiary/aromatic N) is 2. The van der Waals surface area contributed by atoms with E-state index in [0.29, 0.717) is 5.92 Å². The molecule has 0 bridgehead atoms. The topological polar surface area (TPSA) is 50.8 Å². The predicted molar refractivity (Wildman–Crippen MR) is 122 cm³/mol. The second-order valence-corrected chi connectivity index (χ2v) is 8.91. The zero-order valence-corrected chi connectivity index (χ0v) is 18.8. The van der Waals surface area contributed by atoms with Gasteiger partial charge in [0, 0.05) is 61.0 Å². The first-order chi connectivity index (χ1) is 14.3. The van der Waals surface area contributed by atoms with E-state index in [1.165, 1.54) is 33.6 Å². The Morgan fingerprint density at radius 2 is 1.87 bits per heavy atom. The van der Waals surface area contributed by atoms with Gasteiger partial charge in [0.2, 0.25) is 0 Å². The highest BCUT2D eigenvalue weighted by Crippen LogP contribution is 2.33. The van der Waals surface area contributed by atoms with Gasteiger partial charge < -0.3 is 25.5 Å². The van der Waals surface area contributed by atoms with E-state index in [-0.39, 0.29) is 12.8 Å². The first kappa shape index (κ1) is 20.6. The lowest BCUT2D eigenvalue weighted by Gasteiger charge is -2.43. The Balaban J connectivity index is 1.58. The zero-order chi connectivity index (χ0) is 21.6. The minimum atomic E-state index is 0.0913. The number of rotatable bonds is 6. The smallest absolute Gasteiger partial charge is 0.144 e. The van der Waals surface area contributed by atoms with Crippen LogP contribution in [0.5, 0.6) is 0 Å². The molecule has 1 unspecified atom stereocenters. The average Bonchev–Trinajstić information content (AvgIpc) is 2.98. The number of nitrogens with one attached hydrogen (secondary N) is 2. The van der Waals surface area contributed by atoms with E-state index in [9.17, 15) is 5.11 Å². The summed E-state index contributed by atoms with van der Waals surface area (Å²) in [6, 6.07) is 4.40. The molecule has 3 heterocycles. The van der Waals surface area contributed by atoms with Crippen molar-refractivity contribution >= 4 is 0 Å². The van der Waals surface area contributed by atoms with Gasteiger partial charge in [-0.3, -0.25) is 0 Å². The molecule has 0 spiro atoms. The summed E-state index contributed by atoms with van der Waals surface area (Å²) in [7, 11) is 0. The summed E-state index contributed by atoms with van der Waals surface area (Å²) in [6.07, 6.45) is 4.52. The summed E-state index contributed by atoms with van der Waals surface area (Å²) < 4.78 is 0. The molecule has 160 valence electrons. The molecule has 30 heavy (non-hydrogen) atoms. The quantitative estimate of drug-likeness (QED) is 0.676. The molecule has 1 fully saturated rings. The third kappa shape index (κ3) is 3.52. The Morgan fingerprint density at radius 3 is 2.57 bits per heavy atom. The van der Waals surface area contributed by atoms with Crippen LogP contribution < -0.4 is 10.6 Å². The molecule has 5 heteroatoms. The first-order valence-electron chi connectivity index (χ1n) is 10.8. The maximum absolute atomic E-state index is 9.35. The van der Waals surface area contributed by atoms with Gasteiger partial charge in [-0.1, -0.05) is 18.7 Å². The van der Waals surface area contributed by atoms with Crippen LogP contribution in [0.15, 0.2) is 59.3 Å². The summed E-state index contributed by atoms with van der Waals surface area (Å²) in [5.41, 5.74) is 11.1. The number of likely N-dealkylation sites (tertiary alicyclic amines) is 1. The Labute approximate surface area is 180 Å². The van der Waals surface area contributed by atoms with Crippen LogP contribution in [0.4, 0.5) is 0 Å². The minimum absolute atomic E-state index is 0.0913. The van der Waals surface area contributed by atoms with E-state index in [1.807, 2.05) is 0 Å². The van der Waals surface area contributed by atoms with E-state index in [1.54, 1.807) is 0 Å². The van der Waals surface area contributed by atoms with Gasteiger partial charge in [0.05, 0.1) is 5.70 Å². The highest BCUT2D eigenvalue weighted by atomic mass is 16.3. The number of aliphatic hydroxyl groups excluding tert-OH is 1. The van der Waals surface area contributed by atoms with Crippen molar-refractivity contribution in [2.75, 3.05) is 19.7 Å². The highest BCUT2D eigenvalue weighted by Gasteiger charge is 2.34. The Kier molecular flexibility index (Phi) is 5.41. The van der Waals surface area contributed by atoms with Gasteiger partial charge in [0.1, 0.15) is 6.17 Å². The van der Waals surface area contributed by atoms with E-state index >= 15 is 0 Å². The largest absolute Gasteiger partial charge is 0.396 e. The molecule has 0 aliphatic carbocycles. The van der Waals surface area contributed by atoms with Crippen molar-refractivity contribution in [1.29, 1.82) is 0 Å².